The average molecular weight is 324 g/mol. The summed E-state index contributed by atoms with van der Waals surface area (Å²) in [5.74, 6) is 0.163. The van der Waals surface area contributed by atoms with Gasteiger partial charge in [0, 0.05) is 18.4 Å². The van der Waals surface area contributed by atoms with E-state index in [1.807, 2.05) is 6.07 Å². The molecule has 0 spiro atoms. The van der Waals surface area contributed by atoms with Gasteiger partial charge in [0.2, 0.25) is 0 Å². The van der Waals surface area contributed by atoms with Gasteiger partial charge in [0.05, 0.1) is 11.6 Å². The molecule has 0 aromatic heterocycles. The first-order chi connectivity index (χ1) is 11.6. The zero-order valence-corrected chi connectivity index (χ0v) is 13.0. The van der Waals surface area contributed by atoms with Crippen LogP contribution in [0.15, 0.2) is 48.5 Å². The molecule has 0 aliphatic rings. The van der Waals surface area contributed by atoms with Gasteiger partial charge in [0.25, 0.3) is 5.91 Å². The quantitative estimate of drug-likeness (QED) is 0.785. The van der Waals surface area contributed by atoms with Gasteiger partial charge in [-0.2, -0.15) is 5.26 Å². The van der Waals surface area contributed by atoms with Crippen LogP contribution < -0.4 is 20.7 Å². The van der Waals surface area contributed by atoms with Crippen molar-refractivity contribution in [3.8, 4) is 11.8 Å². The molecule has 0 saturated heterocycles. The zero-order valence-electron chi connectivity index (χ0n) is 13.0. The maximum absolute atomic E-state index is 11.9. The van der Waals surface area contributed by atoms with Crippen LogP contribution in [0.25, 0.3) is 0 Å². The predicted octanol–water partition coefficient (Wildman–Crippen LogP) is 2.33. The predicted molar refractivity (Wildman–Crippen MR) is 89.8 cm³/mol. The van der Waals surface area contributed by atoms with Crippen LogP contribution in [0, 0.1) is 11.3 Å². The maximum Gasteiger partial charge on any atom is 0.318 e. The Hall–Kier alpha value is -3.53. The number of nitrogens with one attached hydrogen (secondary N) is 3. The number of hydrogen-bond acceptors (Lipinski definition) is 4. The molecule has 2 rings (SSSR count). The number of amides is 3. The number of carbonyl (C=O) groups excluding carboxylic acids is 2. The average Bonchev–Trinajstić information content (AvgIpc) is 2.60. The lowest BCUT2D eigenvalue weighted by Crippen LogP contribution is -2.24. The second-order valence-corrected chi connectivity index (χ2v) is 4.76. The van der Waals surface area contributed by atoms with E-state index in [0.717, 1.165) is 0 Å². The highest BCUT2D eigenvalue weighted by molar-refractivity contribution is 5.94. The SMILES string of the molecule is CNC(=O)Nc1cccc(NC(=O)COc2ccc(C#N)cc2)c1. The molecule has 122 valence electrons. The summed E-state index contributed by atoms with van der Waals surface area (Å²) in [7, 11) is 1.52. The fourth-order valence-corrected chi connectivity index (χ4v) is 1.84. The molecular formula is C17H16N4O3. The van der Waals surface area contributed by atoms with E-state index in [1.165, 1.54) is 7.05 Å². The van der Waals surface area contributed by atoms with E-state index in [-0.39, 0.29) is 18.5 Å². The molecular weight excluding hydrogens is 308 g/mol. The molecule has 0 bridgehead atoms. The standard InChI is InChI=1S/C17H16N4O3/c1-19-17(23)21-14-4-2-3-13(9-14)20-16(22)11-24-15-7-5-12(10-18)6-8-15/h2-9H,11H2,1H3,(H,20,22)(H2,19,21,23). The van der Waals surface area contributed by atoms with Crippen LogP contribution in [0.4, 0.5) is 16.2 Å². The van der Waals surface area contributed by atoms with Gasteiger partial charge in [-0.3, -0.25) is 4.79 Å². The van der Waals surface area contributed by atoms with E-state index >= 15 is 0 Å². The number of carbonyl (C=O) groups is 2. The first kappa shape index (κ1) is 16.8. The van der Waals surface area contributed by atoms with E-state index < -0.39 is 0 Å². The number of hydrogen-bond donors (Lipinski definition) is 3. The van der Waals surface area contributed by atoms with Crippen LogP contribution >= 0.6 is 0 Å². The molecule has 2 aromatic carbocycles. The Balaban J connectivity index is 1.88. The fraction of sp³-hybridized carbons (Fsp3) is 0.118. The van der Waals surface area contributed by atoms with Crippen LogP contribution in [0.5, 0.6) is 5.75 Å². The third kappa shape index (κ3) is 5.03. The highest BCUT2D eigenvalue weighted by Gasteiger charge is 2.05. The molecule has 3 amide bonds. The van der Waals surface area contributed by atoms with E-state index in [9.17, 15) is 9.59 Å². The Morgan fingerprint density at radius 3 is 2.38 bits per heavy atom. The highest BCUT2D eigenvalue weighted by atomic mass is 16.5. The smallest absolute Gasteiger partial charge is 0.318 e. The van der Waals surface area contributed by atoms with Gasteiger partial charge in [-0.05, 0) is 42.5 Å². The number of nitriles is 1. The molecule has 7 nitrogen and oxygen atoms in total. The topological polar surface area (TPSA) is 103 Å². The van der Waals surface area contributed by atoms with Gasteiger partial charge in [-0.1, -0.05) is 6.07 Å². The molecule has 0 aliphatic heterocycles. The van der Waals surface area contributed by atoms with Gasteiger partial charge in [-0.15, -0.1) is 0 Å². The molecule has 2 aromatic rings. The van der Waals surface area contributed by atoms with Gasteiger partial charge < -0.3 is 20.7 Å². The lowest BCUT2D eigenvalue weighted by Gasteiger charge is -2.09. The van der Waals surface area contributed by atoms with Crippen LogP contribution in [0.1, 0.15) is 5.56 Å². The lowest BCUT2D eigenvalue weighted by molar-refractivity contribution is -0.118. The summed E-state index contributed by atoms with van der Waals surface area (Å²) in [5.41, 5.74) is 1.62. The summed E-state index contributed by atoms with van der Waals surface area (Å²) in [6, 6.07) is 14.9. The van der Waals surface area contributed by atoms with E-state index in [1.54, 1.807) is 48.5 Å². The zero-order chi connectivity index (χ0) is 17.4. The molecule has 0 radical (unpaired) electrons. The van der Waals surface area contributed by atoms with E-state index in [4.69, 9.17) is 10.00 Å². The highest BCUT2D eigenvalue weighted by Crippen LogP contribution is 2.15. The summed E-state index contributed by atoms with van der Waals surface area (Å²) in [6.07, 6.45) is 0. The van der Waals surface area contributed by atoms with Crippen molar-refractivity contribution >= 4 is 23.3 Å². The Morgan fingerprint density at radius 2 is 1.75 bits per heavy atom. The minimum Gasteiger partial charge on any atom is -0.484 e. The Labute approximate surface area is 139 Å². The van der Waals surface area contributed by atoms with Crippen molar-refractivity contribution in [3.63, 3.8) is 0 Å². The molecule has 0 fully saturated rings. The Bertz CT molecular complexity index is 766. The van der Waals surface area contributed by atoms with Crippen molar-refractivity contribution in [2.24, 2.45) is 0 Å². The first-order valence-electron chi connectivity index (χ1n) is 7.12. The van der Waals surface area contributed by atoms with Gasteiger partial charge in [0.15, 0.2) is 6.61 Å². The normalized spacial score (nSPS) is 9.50. The largest absolute Gasteiger partial charge is 0.484 e. The monoisotopic (exact) mass is 324 g/mol. The molecule has 3 N–H and O–H groups in total. The van der Waals surface area contributed by atoms with Crippen molar-refractivity contribution in [2.45, 2.75) is 0 Å². The van der Waals surface area contributed by atoms with Crippen molar-refractivity contribution in [1.82, 2.24) is 5.32 Å². The van der Waals surface area contributed by atoms with Gasteiger partial charge in [0.1, 0.15) is 5.75 Å². The molecule has 0 atom stereocenters. The van der Waals surface area contributed by atoms with Crippen molar-refractivity contribution in [2.75, 3.05) is 24.3 Å². The van der Waals surface area contributed by atoms with Crippen molar-refractivity contribution < 1.29 is 14.3 Å². The summed E-state index contributed by atoms with van der Waals surface area (Å²) in [4.78, 5) is 23.2. The van der Waals surface area contributed by atoms with Crippen molar-refractivity contribution in [1.29, 1.82) is 5.26 Å². The van der Waals surface area contributed by atoms with Crippen LogP contribution in [-0.4, -0.2) is 25.6 Å². The van der Waals surface area contributed by atoms with Crippen LogP contribution in [-0.2, 0) is 4.79 Å². The number of anilines is 2. The third-order valence-electron chi connectivity index (χ3n) is 2.98. The van der Waals surface area contributed by atoms with Gasteiger partial charge in [-0.25, -0.2) is 4.79 Å². The number of urea groups is 1. The van der Waals surface area contributed by atoms with E-state index in [0.29, 0.717) is 22.7 Å². The Kier molecular flexibility index (Phi) is 5.75. The number of benzene rings is 2. The van der Waals surface area contributed by atoms with E-state index in [2.05, 4.69) is 16.0 Å². The third-order valence-corrected chi connectivity index (χ3v) is 2.98. The summed E-state index contributed by atoms with van der Waals surface area (Å²) in [6.45, 7) is -0.168. The summed E-state index contributed by atoms with van der Waals surface area (Å²) in [5, 5.41) is 16.5. The maximum atomic E-state index is 11.9. The second-order valence-electron chi connectivity index (χ2n) is 4.76. The molecule has 24 heavy (non-hydrogen) atoms. The second kappa shape index (κ2) is 8.19. The van der Waals surface area contributed by atoms with Crippen LogP contribution in [0.2, 0.25) is 0 Å². The molecule has 0 aliphatic carbocycles. The minimum atomic E-state index is -0.345. The first-order valence-corrected chi connectivity index (χ1v) is 7.12. The molecule has 7 heteroatoms. The van der Waals surface area contributed by atoms with Gasteiger partial charge >= 0.3 is 6.03 Å². The van der Waals surface area contributed by atoms with Crippen LogP contribution in [0.3, 0.4) is 0 Å². The number of rotatable bonds is 5. The number of nitrogens with zero attached hydrogens (tertiary/aromatic N) is 1. The minimum absolute atomic E-state index is 0.168. The molecule has 0 unspecified atom stereocenters. The van der Waals surface area contributed by atoms with Crippen molar-refractivity contribution in [3.05, 3.63) is 54.1 Å². The molecule has 0 heterocycles. The summed E-state index contributed by atoms with van der Waals surface area (Å²) >= 11 is 0. The lowest BCUT2D eigenvalue weighted by atomic mass is 10.2. The summed E-state index contributed by atoms with van der Waals surface area (Å²) < 4.78 is 5.35. The fourth-order valence-electron chi connectivity index (χ4n) is 1.84. The number of ether oxygens (including phenoxy) is 1. The Morgan fingerprint density at radius 1 is 1.08 bits per heavy atom. The molecule has 0 saturated carbocycles.